The highest BCUT2D eigenvalue weighted by atomic mass is 32.2. The van der Waals surface area contributed by atoms with Gasteiger partial charge < -0.3 is 0 Å². The number of nitro groups is 2. The van der Waals surface area contributed by atoms with Crippen molar-refractivity contribution < 1.29 is 22.4 Å². The van der Waals surface area contributed by atoms with Crippen molar-refractivity contribution in [3.63, 3.8) is 0 Å². The molecule has 9 nitrogen and oxygen atoms in total. The molecule has 1 aromatic rings. The number of hydrogen-bond donors (Lipinski definition) is 1. The van der Waals surface area contributed by atoms with Crippen molar-refractivity contribution in [1.29, 1.82) is 0 Å². The summed E-state index contributed by atoms with van der Waals surface area (Å²) in [4.78, 5) is 19.4. The molecule has 92 valence electrons. The van der Waals surface area contributed by atoms with Crippen LogP contribution in [0.4, 0.5) is 11.4 Å². The van der Waals surface area contributed by atoms with Gasteiger partial charge in [0.1, 0.15) is 0 Å². The summed E-state index contributed by atoms with van der Waals surface area (Å²) in [5, 5.41) is 21.0. The first-order valence-electron chi connectivity index (χ1n) is 4.11. The van der Waals surface area contributed by atoms with Crippen LogP contribution in [0.1, 0.15) is 5.56 Å². The molecular weight excluding hydrogens is 256 g/mol. The second-order valence-corrected chi connectivity index (χ2v) is 3.53. The molecular formula is C7H6N2O7S. The molecule has 0 saturated carbocycles. The van der Waals surface area contributed by atoms with Gasteiger partial charge in [0.25, 0.3) is 22.4 Å². The van der Waals surface area contributed by atoms with E-state index in [9.17, 15) is 28.6 Å². The third kappa shape index (κ3) is 3.46. The summed E-state index contributed by atoms with van der Waals surface area (Å²) in [5.41, 5.74) is -1.07. The van der Waals surface area contributed by atoms with Gasteiger partial charge in [-0.1, -0.05) is 0 Å². The van der Waals surface area contributed by atoms with Crippen LogP contribution in [0.5, 0.6) is 0 Å². The number of thiol groups is 1. The van der Waals surface area contributed by atoms with E-state index < -0.39 is 38.8 Å². The van der Waals surface area contributed by atoms with Crippen LogP contribution in [0.15, 0.2) is 18.2 Å². The fourth-order valence-electron chi connectivity index (χ4n) is 1.08. The van der Waals surface area contributed by atoms with E-state index in [0.717, 1.165) is 18.2 Å². The van der Waals surface area contributed by atoms with E-state index in [-0.39, 0.29) is 5.56 Å². The number of benzene rings is 1. The van der Waals surface area contributed by atoms with Crippen LogP contribution in [-0.4, -0.2) is 18.3 Å². The molecule has 0 unspecified atom stereocenters. The van der Waals surface area contributed by atoms with Crippen molar-refractivity contribution in [3.05, 3.63) is 44.0 Å². The van der Waals surface area contributed by atoms with Crippen molar-refractivity contribution >= 4 is 22.4 Å². The molecule has 1 aromatic carbocycles. The zero-order valence-electron chi connectivity index (χ0n) is 8.14. The Bertz CT molecular complexity index is 531. The van der Waals surface area contributed by atoms with Crippen LogP contribution in [-0.2, 0) is 21.8 Å². The normalized spacial score (nSPS) is 10.4. The molecule has 0 radical (unpaired) electrons. The Morgan fingerprint density at radius 3 is 2.29 bits per heavy atom. The molecule has 0 aliphatic rings. The average Bonchev–Trinajstić information content (AvgIpc) is 2.25. The van der Waals surface area contributed by atoms with E-state index in [0.29, 0.717) is 0 Å². The van der Waals surface area contributed by atoms with Gasteiger partial charge in [-0.05, 0) is 6.07 Å². The second-order valence-electron chi connectivity index (χ2n) is 2.82. The molecule has 1 rings (SSSR count). The van der Waals surface area contributed by atoms with Crippen LogP contribution in [0.3, 0.4) is 0 Å². The molecule has 0 heterocycles. The van der Waals surface area contributed by atoms with Crippen LogP contribution in [0, 0.1) is 20.2 Å². The van der Waals surface area contributed by atoms with Gasteiger partial charge >= 0.3 is 0 Å². The maximum absolute atomic E-state index is 10.6. The molecule has 17 heavy (non-hydrogen) atoms. The Hall–Kier alpha value is -2.07. The van der Waals surface area contributed by atoms with Crippen molar-refractivity contribution in [2.75, 3.05) is 0 Å². The van der Waals surface area contributed by atoms with E-state index in [1.54, 1.807) is 0 Å². The van der Waals surface area contributed by atoms with Gasteiger partial charge in [-0.25, -0.2) is 8.42 Å². The van der Waals surface area contributed by atoms with Gasteiger partial charge in [0.05, 0.1) is 28.1 Å². The highest BCUT2D eigenvalue weighted by molar-refractivity contribution is 7.67. The number of hydrogen-bond acceptors (Lipinski definition) is 7. The van der Waals surface area contributed by atoms with Crippen LogP contribution >= 0.6 is 0 Å². The van der Waals surface area contributed by atoms with Crippen molar-refractivity contribution in [1.82, 2.24) is 0 Å². The first-order valence-corrected chi connectivity index (χ1v) is 5.20. The summed E-state index contributed by atoms with van der Waals surface area (Å²) in [7, 11) is -3.13. The Balaban J connectivity index is 3.12. The Labute approximate surface area is 96.1 Å². The summed E-state index contributed by atoms with van der Waals surface area (Å²) in [5.74, 6) is 0. The van der Waals surface area contributed by atoms with E-state index in [4.69, 9.17) is 0 Å². The maximum Gasteiger partial charge on any atom is 0.281 e. The number of non-ortho nitro benzene ring substituents is 1. The highest BCUT2D eigenvalue weighted by Gasteiger charge is 2.19. The van der Waals surface area contributed by atoms with E-state index in [1.165, 1.54) is 0 Å². The first-order chi connectivity index (χ1) is 7.91. The molecule has 0 aromatic heterocycles. The number of nitrogens with zero attached hydrogens (tertiary/aromatic N) is 2. The minimum atomic E-state index is -3.13. The zero-order chi connectivity index (χ0) is 13.0. The van der Waals surface area contributed by atoms with Crippen LogP contribution in [0.2, 0.25) is 0 Å². The minimum absolute atomic E-state index is 0.0557. The molecule has 0 bridgehead atoms. The molecule has 0 amide bonds. The van der Waals surface area contributed by atoms with Crippen molar-refractivity contribution in [2.45, 2.75) is 6.61 Å². The smallest absolute Gasteiger partial charge is 0.267 e. The molecule has 0 fully saturated rings. The lowest BCUT2D eigenvalue weighted by molar-refractivity contribution is -0.394. The third-order valence-corrected chi connectivity index (χ3v) is 2.14. The van der Waals surface area contributed by atoms with Crippen LogP contribution in [0.25, 0.3) is 0 Å². The molecule has 0 N–H and O–H groups in total. The second kappa shape index (κ2) is 5.32. The molecule has 0 spiro atoms. The first kappa shape index (κ1) is 13.0. The summed E-state index contributed by atoms with van der Waals surface area (Å²) in [6.07, 6.45) is 0. The maximum atomic E-state index is 10.6. The van der Waals surface area contributed by atoms with Gasteiger partial charge in [0.15, 0.2) is 0 Å². The van der Waals surface area contributed by atoms with Crippen molar-refractivity contribution in [2.24, 2.45) is 0 Å². The van der Waals surface area contributed by atoms with Gasteiger partial charge in [-0.15, -0.1) is 0 Å². The zero-order valence-corrected chi connectivity index (χ0v) is 9.03. The highest BCUT2D eigenvalue weighted by Crippen LogP contribution is 2.25. The fraction of sp³-hybridized carbons (Fsp3) is 0.143. The number of rotatable bonds is 5. The average molecular weight is 262 g/mol. The largest absolute Gasteiger partial charge is 0.281 e. The summed E-state index contributed by atoms with van der Waals surface area (Å²) < 4.78 is 24.5. The molecule has 0 aliphatic carbocycles. The predicted octanol–water partition coefficient (Wildman–Crippen LogP) is 0.546. The lowest BCUT2D eigenvalue weighted by atomic mass is 10.2. The predicted molar refractivity (Wildman–Crippen MR) is 54.9 cm³/mol. The molecule has 0 saturated heterocycles. The minimum Gasteiger partial charge on any atom is -0.267 e. The topological polar surface area (TPSA) is 130 Å². The monoisotopic (exact) mass is 262 g/mol. The van der Waals surface area contributed by atoms with E-state index in [1.807, 2.05) is 0 Å². The Morgan fingerprint density at radius 1 is 1.18 bits per heavy atom. The summed E-state index contributed by atoms with van der Waals surface area (Å²) >= 11 is 0. The Morgan fingerprint density at radius 2 is 1.82 bits per heavy atom. The summed E-state index contributed by atoms with van der Waals surface area (Å²) in [6.45, 7) is -0.535. The lowest BCUT2D eigenvalue weighted by Gasteiger charge is -2.00. The standard InChI is InChI=1S/C7H6N2O7S/c10-8(11)6-2-1-5(4-16-17(14)15)7(3-6)9(12)13/h1-3,17H,4H2. The van der Waals surface area contributed by atoms with Gasteiger partial charge in [-0.2, -0.15) is 0 Å². The molecule has 10 heteroatoms. The molecule has 0 atom stereocenters. The molecule has 0 aliphatic heterocycles. The van der Waals surface area contributed by atoms with E-state index >= 15 is 0 Å². The van der Waals surface area contributed by atoms with E-state index in [2.05, 4.69) is 4.18 Å². The van der Waals surface area contributed by atoms with Crippen LogP contribution < -0.4 is 0 Å². The SMILES string of the molecule is O=[N+]([O-])c1ccc(CO[SH](=O)=O)c([N+](=O)[O-])c1. The van der Waals surface area contributed by atoms with Gasteiger partial charge in [0, 0.05) is 6.07 Å². The van der Waals surface area contributed by atoms with Gasteiger partial charge in [0.2, 0.25) is 0 Å². The Kier molecular flexibility index (Phi) is 4.06. The van der Waals surface area contributed by atoms with Crippen molar-refractivity contribution in [3.8, 4) is 0 Å². The quantitative estimate of drug-likeness (QED) is 0.465. The fourth-order valence-corrected chi connectivity index (χ4v) is 1.32. The van der Waals surface area contributed by atoms with Gasteiger partial charge in [-0.3, -0.25) is 24.4 Å². The number of nitro benzene ring substituents is 2. The lowest BCUT2D eigenvalue weighted by Crippen LogP contribution is -1.99. The summed E-state index contributed by atoms with van der Waals surface area (Å²) in [6, 6.07) is 2.86. The third-order valence-electron chi connectivity index (χ3n) is 1.80.